The fourth-order valence-corrected chi connectivity index (χ4v) is 2.20. The van der Waals surface area contributed by atoms with E-state index >= 15 is 0 Å². The number of nitriles is 1. The number of para-hydroxylation sites is 1. The number of amides is 1. The maximum atomic E-state index is 12.0. The summed E-state index contributed by atoms with van der Waals surface area (Å²) in [5.74, 6) is 0.591. The lowest BCUT2D eigenvalue weighted by Gasteiger charge is -2.17. The highest BCUT2D eigenvalue weighted by atomic mass is 16.5. The van der Waals surface area contributed by atoms with Gasteiger partial charge in [0.1, 0.15) is 5.75 Å². The second kappa shape index (κ2) is 8.60. The minimum Gasteiger partial charge on any atom is -0.483 e. The van der Waals surface area contributed by atoms with Gasteiger partial charge in [0, 0.05) is 20.0 Å². The third-order valence-corrected chi connectivity index (χ3v) is 3.55. The van der Waals surface area contributed by atoms with Crippen molar-refractivity contribution in [2.45, 2.75) is 12.8 Å². The van der Waals surface area contributed by atoms with Gasteiger partial charge >= 0.3 is 0 Å². The van der Waals surface area contributed by atoms with E-state index in [9.17, 15) is 4.79 Å². The van der Waals surface area contributed by atoms with Crippen LogP contribution in [0.15, 0.2) is 54.6 Å². The second-order valence-electron chi connectivity index (χ2n) is 5.28. The van der Waals surface area contributed by atoms with E-state index in [1.54, 1.807) is 7.05 Å². The van der Waals surface area contributed by atoms with Crippen molar-refractivity contribution in [3.8, 4) is 11.8 Å². The molecule has 0 aromatic heterocycles. The van der Waals surface area contributed by atoms with Gasteiger partial charge in [-0.15, -0.1) is 0 Å². The number of carbonyl (C=O) groups is 1. The summed E-state index contributed by atoms with van der Waals surface area (Å²) in [5.41, 5.74) is 2.24. The molecule has 0 atom stereocenters. The van der Waals surface area contributed by atoms with Gasteiger partial charge in [-0.2, -0.15) is 5.26 Å². The van der Waals surface area contributed by atoms with Crippen LogP contribution in [0.3, 0.4) is 0 Å². The molecule has 118 valence electrons. The quantitative estimate of drug-likeness (QED) is 0.790. The molecule has 0 aliphatic carbocycles. The molecule has 4 heteroatoms. The number of hydrogen-bond donors (Lipinski definition) is 0. The highest BCUT2D eigenvalue weighted by Crippen LogP contribution is 2.21. The molecule has 0 spiro atoms. The molecule has 0 N–H and O–H groups in total. The van der Waals surface area contributed by atoms with Gasteiger partial charge in [-0.25, -0.2) is 0 Å². The topological polar surface area (TPSA) is 53.3 Å². The van der Waals surface area contributed by atoms with Crippen molar-refractivity contribution < 1.29 is 9.53 Å². The van der Waals surface area contributed by atoms with E-state index in [0.29, 0.717) is 13.0 Å². The highest BCUT2D eigenvalue weighted by Gasteiger charge is 2.11. The molecule has 2 aromatic rings. The standard InChI is InChI=1S/C19H20N2O2/c1-21(13-7-12-20)19(22)15-23-18-11-6-5-10-17(18)14-16-8-3-2-4-9-16/h2-6,8-11H,7,13-15H2,1H3. The molecular weight excluding hydrogens is 288 g/mol. The largest absolute Gasteiger partial charge is 0.483 e. The third kappa shape index (κ3) is 5.15. The third-order valence-electron chi connectivity index (χ3n) is 3.55. The van der Waals surface area contributed by atoms with E-state index < -0.39 is 0 Å². The number of carbonyl (C=O) groups excluding carboxylic acids is 1. The predicted octanol–water partition coefficient (Wildman–Crippen LogP) is 3.03. The molecule has 2 rings (SSSR count). The van der Waals surface area contributed by atoms with Gasteiger partial charge in [-0.3, -0.25) is 4.79 Å². The zero-order chi connectivity index (χ0) is 16.5. The number of ether oxygens (including phenoxy) is 1. The summed E-state index contributed by atoms with van der Waals surface area (Å²) in [6.45, 7) is 0.401. The van der Waals surface area contributed by atoms with E-state index in [1.807, 2.05) is 48.5 Å². The number of hydrogen-bond acceptors (Lipinski definition) is 3. The zero-order valence-corrected chi connectivity index (χ0v) is 13.2. The van der Waals surface area contributed by atoms with Crippen molar-refractivity contribution in [1.29, 1.82) is 5.26 Å². The Labute approximate surface area is 136 Å². The van der Waals surface area contributed by atoms with E-state index in [0.717, 1.165) is 17.7 Å². The molecule has 2 aromatic carbocycles. The number of benzene rings is 2. The van der Waals surface area contributed by atoms with E-state index in [2.05, 4.69) is 12.1 Å². The summed E-state index contributed by atoms with van der Waals surface area (Å²) < 4.78 is 5.70. The molecular formula is C19H20N2O2. The highest BCUT2D eigenvalue weighted by molar-refractivity contribution is 5.77. The van der Waals surface area contributed by atoms with Gasteiger partial charge in [0.05, 0.1) is 12.5 Å². The molecule has 0 heterocycles. The van der Waals surface area contributed by atoms with Crippen LogP contribution in [-0.2, 0) is 11.2 Å². The van der Waals surface area contributed by atoms with Crippen LogP contribution in [-0.4, -0.2) is 31.0 Å². The first kappa shape index (κ1) is 16.6. The van der Waals surface area contributed by atoms with Gasteiger partial charge in [0.2, 0.25) is 0 Å². The summed E-state index contributed by atoms with van der Waals surface area (Å²) in [5, 5.41) is 8.56. The molecule has 0 aliphatic heterocycles. The normalized spacial score (nSPS) is 9.91. The minimum atomic E-state index is -0.130. The Balaban J connectivity index is 1.98. The van der Waals surface area contributed by atoms with Crippen molar-refractivity contribution in [3.05, 3.63) is 65.7 Å². The fraction of sp³-hybridized carbons (Fsp3) is 0.263. The summed E-state index contributed by atoms with van der Waals surface area (Å²) in [6.07, 6.45) is 1.09. The molecule has 0 fully saturated rings. The maximum Gasteiger partial charge on any atom is 0.260 e. The molecule has 23 heavy (non-hydrogen) atoms. The first-order valence-electron chi connectivity index (χ1n) is 7.56. The summed E-state index contributed by atoms with van der Waals surface area (Å²) in [4.78, 5) is 13.5. The second-order valence-corrected chi connectivity index (χ2v) is 5.28. The lowest BCUT2D eigenvalue weighted by molar-refractivity contribution is -0.131. The van der Waals surface area contributed by atoms with Gasteiger partial charge in [0.25, 0.3) is 5.91 Å². The smallest absolute Gasteiger partial charge is 0.260 e. The summed E-state index contributed by atoms with van der Waals surface area (Å²) >= 11 is 0. The average Bonchev–Trinajstić information content (AvgIpc) is 2.59. The van der Waals surface area contributed by atoms with E-state index in [4.69, 9.17) is 10.00 Å². The SMILES string of the molecule is CN(CCC#N)C(=O)COc1ccccc1Cc1ccccc1. The monoisotopic (exact) mass is 308 g/mol. The van der Waals surface area contributed by atoms with Crippen LogP contribution in [0, 0.1) is 11.3 Å². The Hall–Kier alpha value is -2.80. The molecule has 0 unspecified atom stereocenters. The Morgan fingerprint density at radius 2 is 1.83 bits per heavy atom. The minimum absolute atomic E-state index is 0.0201. The first-order valence-corrected chi connectivity index (χ1v) is 7.56. The van der Waals surface area contributed by atoms with Gasteiger partial charge in [0.15, 0.2) is 6.61 Å². The number of rotatable bonds is 7. The van der Waals surface area contributed by atoms with Crippen molar-refractivity contribution in [3.63, 3.8) is 0 Å². The Morgan fingerprint density at radius 1 is 1.13 bits per heavy atom. The fourth-order valence-electron chi connectivity index (χ4n) is 2.20. The van der Waals surface area contributed by atoms with Crippen LogP contribution in [0.5, 0.6) is 5.75 Å². The Kier molecular flexibility index (Phi) is 6.19. The molecule has 0 aliphatic rings. The molecule has 4 nitrogen and oxygen atoms in total. The lowest BCUT2D eigenvalue weighted by atomic mass is 10.0. The molecule has 1 amide bonds. The number of nitrogens with zero attached hydrogens (tertiary/aromatic N) is 2. The molecule has 0 bridgehead atoms. The van der Waals surface area contributed by atoms with Crippen molar-refractivity contribution >= 4 is 5.91 Å². The first-order chi connectivity index (χ1) is 11.2. The van der Waals surface area contributed by atoms with Crippen LogP contribution < -0.4 is 4.74 Å². The average molecular weight is 308 g/mol. The van der Waals surface area contributed by atoms with Crippen LogP contribution in [0.4, 0.5) is 0 Å². The number of likely N-dealkylation sites (N-methyl/N-ethyl adjacent to an activating group) is 1. The van der Waals surface area contributed by atoms with Crippen molar-refractivity contribution in [1.82, 2.24) is 4.90 Å². The Bertz CT molecular complexity index is 677. The van der Waals surface area contributed by atoms with Crippen LogP contribution in [0.2, 0.25) is 0 Å². The van der Waals surface area contributed by atoms with Gasteiger partial charge in [-0.1, -0.05) is 48.5 Å². The van der Waals surface area contributed by atoms with Crippen LogP contribution >= 0.6 is 0 Å². The molecule has 0 radical (unpaired) electrons. The Morgan fingerprint density at radius 3 is 2.57 bits per heavy atom. The molecule has 0 saturated carbocycles. The van der Waals surface area contributed by atoms with Crippen molar-refractivity contribution in [2.75, 3.05) is 20.2 Å². The van der Waals surface area contributed by atoms with Crippen LogP contribution in [0.25, 0.3) is 0 Å². The lowest BCUT2D eigenvalue weighted by Crippen LogP contribution is -2.32. The summed E-state index contributed by atoms with van der Waals surface area (Å²) in [7, 11) is 1.68. The van der Waals surface area contributed by atoms with E-state index in [-0.39, 0.29) is 12.5 Å². The summed E-state index contributed by atoms with van der Waals surface area (Å²) in [6, 6.07) is 19.9. The van der Waals surface area contributed by atoms with E-state index in [1.165, 1.54) is 10.5 Å². The van der Waals surface area contributed by atoms with Crippen molar-refractivity contribution in [2.24, 2.45) is 0 Å². The predicted molar refractivity (Wildman–Crippen MR) is 89.1 cm³/mol. The zero-order valence-electron chi connectivity index (χ0n) is 13.2. The van der Waals surface area contributed by atoms with Crippen LogP contribution in [0.1, 0.15) is 17.5 Å². The van der Waals surface area contributed by atoms with Gasteiger partial charge in [-0.05, 0) is 17.2 Å². The van der Waals surface area contributed by atoms with Gasteiger partial charge < -0.3 is 9.64 Å². The maximum absolute atomic E-state index is 12.0. The molecule has 0 saturated heterocycles.